The van der Waals surface area contributed by atoms with Gasteiger partial charge in [-0.3, -0.25) is 4.79 Å². The number of thioether (sulfide) groups is 1. The topological polar surface area (TPSA) is 83.1 Å². The van der Waals surface area contributed by atoms with Crippen LogP contribution in [0.3, 0.4) is 0 Å². The van der Waals surface area contributed by atoms with Gasteiger partial charge in [-0.2, -0.15) is 0 Å². The van der Waals surface area contributed by atoms with E-state index in [0.717, 1.165) is 25.8 Å². The Morgan fingerprint density at radius 2 is 1.69 bits per heavy atom. The molecule has 0 bridgehead atoms. The number of fused-ring (bicyclic) bond motifs is 1. The number of nitrogens with zero attached hydrogens (tertiary/aromatic N) is 1. The molecule has 1 heterocycles. The minimum absolute atomic E-state index is 0.155. The van der Waals surface area contributed by atoms with Crippen LogP contribution in [0.25, 0.3) is 10.2 Å². The molecule has 6 nitrogen and oxygen atoms in total. The van der Waals surface area contributed by atoms with Crippen LogP contribution in [0.4, 0.5) is 21.9 Å². The first-order valence-corrected chi connectivity index (χ1v) is 11.9. The SMILES string of the molecule is Cc1ccc(NC(=O)Nc2ccc3nc(SCC(=O)Nc4ccccc4Cl)sc3c2)cc1. The highest BCUT2D eigenvalue weighted by Gasteiger charge is 2.11. The molecule has 4 aromatic rings. The van der Waals surface area contributed by atoms with Crippen LogP contribution in [-0.4, -0.2) is 22.7 Å². The van der Waals surface area contributed by atoms with E-state index >= 15 is 0 Å². The summed E-state index contributed by atoms with van der Waals surface area (Å²) >= 11 is 8.90. The number of urea groups is 1. The summed E-state index contributed by atoms with van der Waals surface area (Å²) in [6, 6.07) is 19.9. The summed E-state index contributed by atoms with van der Waals surface area (Å²) in [4.78, 5) is 29.0. The Balaban J connectivity index is 1.35. The quantitative estimate of drug-likeness (QED) is 0.269. The smallest absolute Gasteiger partial charge is 0.323 e. The van der Waals surface area contributed by atoms with E-state index in [1.165, 1.54) is 23.1 Å². The van der Waals surface area contributed by atoms with Crippen molar-refractivity contribution in [1.29, 1.82) is 0 Å². The normalized spacial score (nSPS) is 10.7. The number of nitrogens with one attached hydrogen (secondary N) is 3. The van der Waals surface area contributed by atoms with Crippen LogP contribution in [0, 0.1) is 6.92 Å². The fraction of sp³-hybridized carbons (Fsp3) is 0.0870. The molecule has 0 aliphatic rings. The summed E-state index contributed by atoms with van der Waals surface area (Å²) in [7, 11) is 0. The molecular weight excluding hydrogens is 464 g/mol. The van der Waals surface area contributed by atoms with E-state index in [0.29, 0.717) is 16.4 Å². The molecule has 0 aliphatic carbocycles. The van der Waals surface area contributed by atoms with Crippen molar-refractivity contribution < 1.29 is 9.59 Å². The number of aryl methyl sites for hydroxylation is 1. The van der Waals surface area contributed by atoms with Gasteiger partial charge in [0.15, 0.2) is 4.34 Å². The zero-order chi connectivity index (χ0) is 22.5. The number of halogens is 1. The maximum atomic E-state index is 12.3. The van der Waals surface area contributed by atoms with E-state index in [1.54, 1.807) is 18.2 Å². The first kappa shape index (κ1) is 22.1. The third-order valence-corrected chi connectivity index (χ3v) is 6.90. The number of benzene rings is 3. The van der Waals surface area contributed by atoms with E-state index in [4.69, 9.17) is 11.6 Å². The Bertz CT molecular complexity index is 1270. The highest BCUT2D eigenvalue weighted by molar-refractivity contribution is 8.01. The van der Waals surface area contributed by atoms with Crippen LogP contribution in [-0.2, 0) is 4.79 Å². The zero-order valence-corrected chi connectivity index (χ0v) is 19.4. The van der Waals surface area contributed by atoms with Crippen molar-refractivity contribution in [3.63, 3.8) is 0 Å². The number of thiazole rings is 1. The molecule has 0 saturated carbocycles. The largest absolute Gasteiger partial charge is 0.324 e. The lowest BCUT2D eigenvalue weighted by Crippen LogP contribution is -2.19. The summed E-state index contributed by atoms with van der Waals surface area (Å²) in [5, 5.41) is 8.94. The van der Waals surface area contributed by atoms with Gasteiger partial charge in [0.2, 0.25) is 5.91 Å². The molecule has 3 amide bonds. The minimum atomic E-state index is -0.316. The van der Waals surface area contributed by atoms with E-state index in [2.05, 4.69) is 20.9 Å². The Morgan fingerprint density at radius 3 is 2.47 bits per heavy atom. The Labute approximate surface area is 198 Å². The second-order valence-electron chi connectivity index (χ2n) is 6.92. The van der Waals surface area contributed by atoms with Crippen molar-refractivity contribution in [3.05, 3.63) is 77.3 Å². The van der Waals surface area contributed by atoms with Crippen LogP contribution < -0.4 is 16.0 Å². The fourth-order valence-corrected chi connectivity index (χ4v) is 4.94. The molecule has 4 rings (SSSR count). The lowest BCUT2D eigenvalue weighted by atomic mass is 10.2. The van der Waals surface area contributed by atoms with Crippen molar-refractivity contribution in [3.8, 4) is 0 Å². The maximum absolute atomic E-state index is 12.3. The van der Waals surface area contributed by atoms with Crippen molar-refractivity contribution in [1.82, 2.24) is 4.98 Å². The number of amides is 3. The molecule has 162 valence electrons. The van der Waals surface area contributed by atoms with Crippen LogP contribution in [0.15, 0.2) is 71.1 Å². The fourth-order valence-electron chi connectivity index (χ4n) is 2.85. The van der Waals surface area contributed by atoms with Gasteiger partial charge in [-0.25, -0.2) is 9.78 Å². The number of hydrogen-bond donors (Lipinski definition) is 3. The van der Waals surface area contributed by atoms with Crippen LogP contribution >= 0.6 is 34.7 Å². The molecule has 32 heavy (non-hydrogen) atoms. The standard InChI is InChI=1S/C23H19ClN4O2S2/c1-14-6-8-15(9-7-14)25-22(30)26-16-10-11-19-20(12-16)32-23(28-19)31-13-21(29)27-18-5-3-2-4-17(18)24/h2-12H,13H2,1H3,(H,27,29)(H2,25,26,30). The Kier molecular flexibility index (Phi) is 6.94. The van der Waals surface area contributed by atoms with Crippen molar-refractivity contribution >= 4 is 73.9 Å². The Morgan fingerprint density at radius 1 is 0.969 bits per heavy atom. The first-order chi connectivity index (χ1) is 15.5. The number of carbonyl (C=O) groups is 2. The number of aromatic nitrogens is 1. The summed E-state index contributed by atoms with van der Waals surface area (Å²) in [6.07, 6.45) is 0. The zero-order valence-electron chi connectivity index (χ0n) is 17.0. The third-order valence-electron chi connectivity index (χ3n) is 4.41. The van der Waals surface area contributed by atoms with Gasteiger partial charge >= 0.3 is 6.03 Å². The number of para-hydroxylation sites is 1. The molecule has 3 N–H and O–H groups in total. The number of rotatable bonds is 6. The van der Waals surface area contributed by atoms with Crippen molar-refractivity contribution in [2.45, 2.75) is 11.3 Å². The molecule has 3 aromatic carbocycles. The third kappa shape index (κ3) is 5.79. The summed E-state index contributed by atoms with van der Waals surface area (Å²) in [5.41, 5.74) is 3.92. The van der Waals surface area contributed by atoms with Gasteiger partial charge < -0.3 is 16.0 Å². The van der Waals surface area contributed by atoms with Gasteiger partial charge in [0.25, 0.3) is 0 Å². The predicted molar refractivity (Wildman–Crippen MR) is 134 cm³/mol. The van der Waals surface area contributed by atoms with Gasteiger partial charge in [0, 0.05) is 11.4 Å². The van der Waals surface area contributed by atoms with E-state index in [-0.39, 0.29) is 17.7 Å². The van der Waals surface area contributed by atoms with Gasteiger partial charge in [0.05, 0.1) is 26.7 Å². The number of hydrogen-bond acceptors (Lipinski definition) is 5. The minimum Gasteiger partial charge on any atom is -0.324 e. The molecule has 0 fully saturated rings. The van der Waals surface area contributed by atoms with Crippen molar-refractivity contribution in [2.24, 2.45) is 0 Å². The molecule has 0 saturated heterocycles. The second-order valence-corrected chi connectivity index (χ2v) is 9.58. The highest BCUT2D eigenvalue weighted by atomic mass is 35.5. The van der Waals surface area contributed by atoms with E-state index in [9.17, 15) is 9.59 Å². The molecule has 0 unspecified atom stereocenters. The van der Waals surface area contributed by atoms with Crippen molar-refractivity contribution in [2.75, 3.05) is 21.7 Å². The van der Waals surface area contributed by atoms with Crippen LogP contribution in [0.1, 0.15) is 5.56 Å². The molecule has 1 aromatic heterocycles. The van der Waals surface area contributed by atoms with Gasteiger partial charge in [-0.05, 0) is 49.4 Å². The monoisotopic (exact) mass is 482 g/mol. The van der Waals surface area contributed by atoms with Crippen LogP contribution in [0.2, 0.25) is 5.02 Å². The van der Waals surface area contributed by atoms with E-state index < -0.39 is 0 Å². The molecule has 0 atom stereocenters. The number of carbonyl (C=O) groups excluding carboxylic acids is 2. The second kappa shape index (κ2) is 10.0. The summed E-state index contributed by atoms with van der Waals surface area (Å²) in [6.45, 7) is 1.99. The van der Waals surface area contributed by atoms with Gasteiger partial charge in [-0.15, -0.1) is 11.3 Å². The molecule has 0 radical (unpaired) electrons. The Hall–Kier alpha value is -3.07. The molecule has 9 heteroatoms. The highest BCUT2D eigenvalue weighted by Crippen LogP contribution is 2.31. The number of anilines is 3. The summed E-state index contributed by atoms with van der Waals surface area (Å²) in [5.74, 6) is 0.0623. The lowest BCUT2D eigenvalue weighted by molar-refractivity contribution is -0.113. The average Bonchev–Trinajstić information content (AvgIpc) is 3.18. The molecular formula is C23H19ClN4O2S2. The lowest BCUT2D eigenvalue weighted by Gasteiger charge is -2.07. The maximum Gasteiger partial charge on any atom is 0.323 e. The van der Waals surface area contributed by atoms with Gasteiger partial charge in [0.1, 0.15) is 0 Å². The average molecular weight is 483 g/mol. The molecule has 0 spiro atoms. The molecule has 0 aliphatic heterocycles. The summed E-state index contributed by atoms with van der Waals surface area (Å²) < 4.78 is 1.70. The van der Waals surface area contributed by atoms with E-state index in [1.807, 2.05) is 55.5 Å². The van der Waals surface area contributed by atoms with Crippen LogP contribution in [0.5, 0.6) is 0 Å². The predicted octanol–water partition coefficient (Wildman–Crippen LogP) is 6.63. The van der Waals surface area contributed by atoms with Gasteiger partial charge in [-0.1, -0.05) is 53.2 Å². The first-order valence-electron chi connectivity index (χ1n) is 9.69.